The average molecular weight is 434 g/mol. The number of anilines is 2. The summed E-state index contributed by atoms with van der Waals surface area (Å²) in [6.45, 7) is 4.76. The van der Waals surface area contributed by atoms with Gasteiger partial charge in [0.25, 0.3) is 5.91 Å². The molecule has 8 nitrogen and oxygen atoms in total. The van der Waals surface area contributed by atoms with Crippen LogP contribution in [-0.4, -0.2) is 53.8 Å². The van der Waals surface area contributed by atoms with E-state index in [2.05, 4.69) is 10.3 Å². The van der Waals surface area contributed by atoms with E-state index < -0.39 is 0 Å². The molecular formula is C24H26N4O4. The van der Waals surface area contributed by atoms with Crippen molar-refractivity contribution in [2.75, 3.05) is 36.5 Å². The summed E-state index contributed by atoms with van der Waals surface area (Å²) >= 11 is 0. The Kier molecular flexibility index (Phi) is 6.11. The number of rotatable bonds is 7. The number of hydrogen-bond acceptors (Lipinski definition) is 4. The summed E-state index contributed by atoms with van der Waals surface area (Å²) in [4.78, 5) is 44.1. The Hall–Kier alpha value is -3.81. The van der Waals surface area contributed by atoms with Gasteiger partial charge in [-0.15, -0.1) is 0 Å². The van der Waals surface area contributed by atoms with Gasteiger partial charge < -0.3 is 19.9 Å². The number of likely N-dealkylation sites (N-methyl/N-ethyl adjacent to an activating group) is 1. The van der Waals surface area contributed by atoms with E-state index in [4.69, 9.17) is 4.74 Å². The molecule has 4 rings (SSSR count). The van der Waals surface area contributed by atoms with Crippen LogP contribution in [0.4, 0.5) is 11.4 Å². The third-order valence-corrected chi connectivity index (χ3v) is 5.62. The zero-order chi connectivity index (χ0) is 22.7. The molecule has 0 spiro atoms. The van der Waals surface area contributed by atoms with Gasteiger partial charge in [0.2, 0.25) is 11.8 Å². The number of fused-ring (bicyclic) bond motifs is 2. The normalized spacial score (nSPS) is 12.9. The monoisotopic (exact) mass is 434 g/mol. The van der Waals surface area contributed by atoms with Gasteiger partial charge in [-0.3, -0.25) is 19.3 Å². The van der Waals surface area contributed by atoms with Gasteiger partial charge in [-0.1, -0.05) is 18.2 Å². The summed E-state index contributed by atoms with van der Waals surface area (Å²) in [7, 11) is 0. The summed E-state index contributed by atoms with van der Waals surface area (Å²) in [5, 5.41) is 3.89. The number of ether oxygens (including phenoxy) is 1. The molecule has 1 aliphatic heterocycles. The smallest absolute Gasteiger partial charge is 0.265 e. The Labute approximate surface area is 186 Å². The van der Waals surface area contributed by atoms with Crippen LogP contribution < -0.4 is 15.0 Å². The highest BCUT2D eigenvalue weighted by Crippen LogP contribution is 2.34. The second-order valence-corrected chi connectivity index (χ2v) is 7.60. The van der Waals surface area contributed by atoms with E-state index in [1.165, 1.54) is 4.90 Å². The van der Waals surface area contributed by atoms with Crippen molar-refractivity contribution in [1.82, 2.24) is 9.88 Å². The van der Waals surface area contributed by atoms with Crippen LogP contribution in [0.2, 0.25) is 0 Å². The van der Waals surface area contributed by atoms with Gasteiger partial charge in [-0.2, -0.15) is 0 Å². The molecule has 2 aromatic carbocycles. The van der Waals surface area contributed by atoms with Crippen molar-refractivity contribution in [2.24, 2.45) is 0 Å². The number of aromatic nitrogens is 1. The molecule has 0 aliphatic carbocycles. The number of hydrogen-bond donors (Lipinski definition) is 2. The molecule has 0 fully saturated rings. The highest BCUT2D eigenvalue weighted by Gasteiger charge is 2.29. The lowest BCUT2D eigenvalue weighted by Crippen LogP contribution is -2.46. The number of amides is 3. The Morgan fingerprint density at radius 2 is 1.94 bits per heavy atom. The van der Waals surface area contributed by atoms with Gasteiger partial charge in [-0.25, -0.2) is 0 Å². The third-order valence-electron chi connectivity index (χ3n) is 5.62. The van der Waals surface area contributed by atoms with Gasteiger partial charge in [0.05, 0.1) is 12.1 Å². The SMILES string of the molecule is CCN(CC)C(=O)CN1C(=O)COc2ccc(NC(=O)Cc3c[nH]c4ccccc34)cc21. The summed E-state index contributed by atoms with van der Waals surface area (Å²) in [5.41, 5.74) is 2.90. The molecule has 2 heterocycles. The Morgan fingerprint density at radius 3 is 2.72 bits per heavy atom. The quantitative estimate of drug-likeness (QED) is 0.598. The maximum atomic E-state index is 12.7. The van der Waals surface area contributed by atoms with Crippen LogP contribution in [0.25, 0.3) is 10.9 Å². The van der Waals surface area contributed by atoms with Crippen molar-refractivity contribution in [3.63, 3.8) is 0 Å². The van der Waals surface area contributed by atoms with E-state index in [-0.39, 0.29) is 37.3 Å². The molecule has 0 bridgehead atoms. The average Bonchev–Trinajstić information content (AvgIpc) is 3.19. The van der Waals surface area contributed by atoms with Crippen molar-refractivity contribution in [1.29, 1.82) is 0 Å². The van der Waals surface area contributed by atoms with Gasteiger partial charge in [0.15, 0.2) is 6.61 Å². The number of carbonyl (C=O) groups excluding carboxylic acids is 3. The first-order chi connectivity index (χ1) is 15.5. The molecule has 2 N–H and O–H groups in total. The van der Waals surface area contributed by atoms with Crippen LogP contribution in [0.1, 0.15) is 19.4 Å². The number of H-pyrrole nitrogens is 1. The van der Waals surface area contributed by atoms with Crippen LogP contribution >= 0.6 is 0 Å². The second kappa shape index (κ2) is 9.13. The van der Waals surface area contributed by atoms with Gasteiger partial charge in [0.1, 0.15) is 12.3 Å². The van der Waals surface area contributed by atoms with Crippen molar-refractivity contribution in [3.8, 4) is 5.75 Å². The topological polar surface area (TPSA) is 94.7 Å². The number of nitrogens with zero attached hydrogens (tertiary/aromatic N) is 2. The molecule has 3 amide bonds. The van der Waals surface area contributed by atoms with Crippen molar-refractivity contribution >= 4 is 40.0 Å². The predicted molar refractivity (Wildman–Crippen MR) is 123 cm³/mol. The number of benzene rings is 2. The maximum absolute atomic E-state index is 12.7. The van der Waals surface area contributed by atoms with Crippen LogP contribution in [0, 0.1) is 0 Å². The van der Waals surface area contributed by atoms with E-state index in [9.17, 15) is 14.4 Å². The summed E-state index contributed by atoms with van der Waals surface area (Å²) in [6, 6.07) is 12.9. The van der Waals surface area contributed by atoms with Crippen LogP contribution in [-0.2, 0) is 20.8 Å². The lowest BCUT2D eigenvalue weighted by atomic mass is 10.1. The minimum atomic E-state index is -0.291. The molecule has 0 saturated heterocycles. The first-order valence-electron chi connectivity index (χ1n) is 10.7. The number of nitrogens with one attached hydrogen (secondary N) is 2. The fourth-order valence-electron chi connectivity index (χ4n) is 3.92. The minimum Gasteiger partial charge on any atom is -0.482 e. The Balaban J connectivity index is 1.51. The predicted octanol–water partition coefficient (Wildman–Crippen LogP) is 2.94. The fourth-order valence-corrected chi connectivity index (χ4v) is 3.92. The molecule has 0 atom stereocenters. The highest BCUT2D eigenvalue weighted by atomic mass is 16.5. The highest BCUT2D eigenvalue weighted by molar-refractivity contribution is 6.03. The molecule has 3 aromatic rings. The fraction of sp³-hybridized carbons (Fsp3) is 0.292. The molecule has 0 radical (unpaired) electrons. The summed E-state index contributed by atoms with van der Waals surface area (Å²) in [6.07, 6.45) is 2.05. The maximum Gasteiger partial charge on any atom is 0.265 e. The van der Waals surface area contributed by atoms with Crippen LogP contribution in [0.3, 0.4) is 0 Å². The third kappa shape index (κ3) is 4.30. The van der Waals surface area contributed by atoms with Gasteiger partial charge in [0, 0.05) is 35.9 Å². The molecule has 166 valence electrons. The van der Waals surface area contributed by atoms with E-state index >= 15 is 0 Å². The number of carbonyl (C=O) groups is 3. The van der Waals surface area contributed by atoms with Crippen molar-refractivity contribution in [2.45, 2.75) is 20.3 Å². The van der Waals surface area contributed by atoms with Crippen molar-refractivity contribution < 1.29 is 19.1 Å². The molecule has 1 aromatic heterocycles. The van der Waals surface area contributed by atoms with Crippen molar-refractivity contribution in [3.05, 3.63) is 54.2 Å². The van der Waals surface area contributed by atoms with E-state index in [1.807, 2.05) is 44.3 Å². The Morgan fingerprint density at radius 1 is 1.16 bits per heavy atom. The molecule has 0 saturated carbocycles. The van der Waals surface area contributed by atoms with E-state index in [0.717, 1.165) is 16.5 Å². The first kappa shape index (κ1) is 21.4. The van der Waals surface area contributed by atoms with Crippen LogP contribution in [0.15, 0.2) is 48.7 Å². The standard InChI is InChI=1S/C24H26N4O4/c1-3-27(4-2)23(30)14-28-20-12-17(9-10-21(20)32-15-24(28)31)26-22(29)11-16-13-25-19-8-6-5-7-18(16)19/h5-10,12-13,25H,3-4,11,14-15H2,1-2H3,(H,26,29). The molecular weight excluding hydrogens is 408 g/mol. The zero-order valence-electron chi connectivity index (χ0n) is 18.2. The lowest BCUT2D eigenvalue weighted by molar-refractivity contribution is -0.131. The van der Waals surface area contributed by atoms with Gasteiger partial charge >= 0.3 is 0 Å². The molecule has 1 aliphatic rings. The lowest BCUT2D eigenvalue weighted by Gasteiger charge is -2.31. The molecule has 8 heteroatoms. The van der Waals surface area contributed by atoms with Gasteiger partial charge in [-0.05, 0) is 43.7 Å². The second-order valence-electron chi connectivity index (χ2n) is 7.60. The largest absolute Gasteiger partial charge is 0.482 e. The first-order valence-corrected chi connectivity index (χ1v) is 10.7. The number of para-hydroxylation sites is 1. The number of aromatic amines is 1. The van der Waals surface area contributed by atoms with E-state index in [1.54, 1.807) is 23.1 Å². The van der Waals surface area contributed by atoms with E-state index in [0.29, 0.717) is 30.2 Å². The minimum absolute atomic E-state index is 0.0659. The zero-order valence-corrected chi connectivity index (χ0v) is 18.2. The Bertz CT molecular complexity index is 1170. The summed E-state index contributed by atoms with van der Waals surface area (Å²) < 4.78 is 5.52. The summed E-state index contributed by atoms with van der Waals surface area (Å²) in [5.74, 6) is -0.0969. The molecule has 0 unspecified atom stereocenters. The van der Waals surface area contributed by atoms with Crippen LogP contribution in [0.5, 0.6) is 5.75 Å². The molecule has 32 heavy (non-hydrogen) atoms.